The van der Waals surface area contributed by atoms with Crippen LogP contribution in [-0.4, -0.2) is 5.78 Å². The lowest BCUT2D eigenvalue weighted by Gasteiger charge is -2.32. The van der Waals surface area contributed by atoms with Crippen LogP contribution in [0.25, 0.3) is 0 Å². The van der Waals surface area contributed by atoms with Crippen LogP contribution in [0, 0.1) is 5.41 Å². The van der Waals surface area contributed by atoms with Crippen molar-refractivity contribution >= 4 is 5.78 Å². The first-order chi connectivity index (χ1) is 19.3. The van der Waals surface area contributed by atoms with Crippen LogP contribution >= 0.6 is 0 Å². The molecule has 224 valence electrons. The maximum atomic E-state index is 12.1. The minimum atomic E-state index is 0.0612. The lowest BCUT2D eigenvalue weighted by Crippen LogP contribution is -2.24. The second-order valence-corrected chi connectivity index (χ2v) is 12.7. The van der Waals surface area contributed by atoms with Crippen molar-refractivity contribution in [3.05, 3.63) is 117 Å². The smallest absolute Gasteiger partial charge is 0.158 e. The van der Waals surface area contributed by atoms with Gasteiger partial charge in [-0.15, -0.1) is 0 Å². The minimum Gasteiger partial charge on any atom is -0.295 e. The number of unbranched alkanes of at least 4 members (excludes halogenated alkanes) is 1. The first-order valence-electron chi connectivity index (χ1n) is 15.6. The average Bonchev–Trinajstić information content (AvgIpc) is 2.88. The summed E-state index contributed by atoms with van der Waals surface area (Å²) in [7, 11) is 0. The largest absolute Gasteiger partial charge is 0.295 e. The maximum absolute atomic E-state index is 12.1. The Hall–Kier alpha value is -2.93. The predicted octanol–water partition coefficient (Wildman–Crippen LogP) is 12.4. The van der Waals surface area contributed by atoms with Gasteiger partial charge in [0.15, 0.2) is 5.78 Å². The van der Waals surface area contributed by atoms with Crippen LogP contribution in [0.4, 0.5) is 0 Å². The van der Waals surface area contributed by atoms with E-state index >= 15 is 0 Å². The molecule has 0 radical (unpaired) electrons. The summed E-state index contributed by atoms with van der Waals surface area (Å²) in [6.07, 6.45) is 34.9. The van der Waals surface area contributed by atoms with Gasteiger partial charge in [-0.3, -0.25) is 4.79 Å². The van der Waals surface area contributed by atoms with E-state index in [-0.39, 0.29) is 11.2 Å². The summed E-state index contributed by atoms with van der Waals surface area (Å²) in [6, 6.07) is 0. The van der Waals surface area contributed by atoms with Gasteiger partial charge in [-0.1, -0.05) is 120 Å². The molecule has 0 saturated heterocycles. The van der Waals surface area contributed by atoms with Crippen LogP contribution in [-0.2, 0) is 4.79 Å². The molecule has 0 aromatic carbocycles. The van der Waals surface area contributed by atoms with Gasteiger partial charge in [-0.05, 0) is 117 Å². The number of carbonyl (C=O) groups is 1. The van der Waals surface area contributed by atoms with Crippen molar-refractivity contribution in [2.24, 2.45) is 5.41 Å². The van der Waals surface area contributed by atoms with Gasteiger partial charge in [-0.25, -0.2) is 0 Å². The van der Waals surface area contributed by atoms with Gasteiger partial charge >= 0.3 is 0 Å². The van der Waals surface area contributed by atoms with E-state index in [1.807, 2.05) is 6.92 Å². The molecule has 1 aliphatic rings. The number of ketones is 1. The molecule has 0 aliphatic heterocycles. The van der Waals surface area contributed by atoms with E-state index < -0.39 is 0 Å². The van der Waals surface area contributed by atoms with Gasteiger partial charge in [-0.2, -0.15) is 0 Å². The molecule has 0 spiro atoms. The molecule has 0 aromatic rings. The van der Waals surface area contributed by atoms with E-state index in [2.05, 4.69) is 135 Å². The highest BCUT2D eigenvalue weighted by Gasteiger charge is 2.30. The summed E-state index contributed by atoms with van der Waals surface area (Å²) in [5, 5.41) is 0. The van der Waals surface area contributed by atoms with Crippen molar-refractivity contribution in [2.75, 3.05) is 0 Å². The molecule has 1 rings (SSSR count). The number of hydrogen-bond donors (Lipinski definition) is 0. The third-order valence-corrected chi connectivity index (χ3v) is 7.72. The molecule has 0 bridgehead atoms. The summed E-state index contributed by atoms with van der Waals surface area (Å²) < 4.78 is 0. The molecule has 41 heavy (non-hydrogen) atoms. The van der Waals surface area contributed by atoms with Crippen molar-refractivity contribution in [2.45, 2.75) is 121 Å². The van der Waals surface area contributed by atoms with E-state index in [0.717, 1.165) is 50.5 Å². The Kier molecular flexibility index (Phi) is 16.9. The average molecular weight is 555 g/mol. The van der Waals surface area contributed by atoms with Gasteiger partial charge in [0.25, 0.3) is 0 Å². The Labute approximate surface area is 253 Å². The quantitative estimate of drug-likeness (QED) is 0.112. The molecule has 1 nitrogen and oxygen atoms in total. The molecule has 0 atom stereocenters. The van der Waals surface area contributed by atoms with Crippen LogP contribution in [0.1, 0.15) is 121 Å². The molecular weight excluding hydrogens is 496 g/mol. The fraction of sp³-hybridized carbons (Fsp3) is 0.475. The number of Topliss-reactive ketones (excluding diaryl/α,β-unsaturated/α-hetero) is 1. The zero-order valence-electron chi connectivity index (χ0n) is 28.0. The van der Waals surface area contributed by atoms with Gasteiger partial charge < -0.3 is 0 Å². The number of hydrogen-bond acceptors (Lipinski definition) is 1. The van der Waals surface area contributed by atoms with Crippen molar-refractivity contribution in [3.8, 4) is 0 Å². The molecule has 0 N–H and O–H groups in total. The topological polar surface area (TPSA) is 17.1 Å². The molecule has 0 aromatic heterocycles. The fourth-order valence-corrected chi connectivity index (χ4v) is 4.82. The standard InChI is InChI=1S/C40H58O/c1-31(2)17-13-20-34(5)23-15-25-35(6)24-14-21-32(3)18-11-12-19-33(4)22-16-26-36(7)27-28-38-37(8)39(41)29-30-40(38,9)10/h15-19,22-28H,11-14,20-21,29-30H2,1-10H3/b22-16+,25-15+,28-27+,32-18+,33-19+,34-23+,35-24+,36-26+. The summed E-state index contributed by atoms with van der Waals surface area (Å²) in [5.74, 6) is 0.288. The van der Waals surface area contributed by atoms with Crippen molar-refractivity contribution in [3.63, 3.8) is 0 Å². The van der Waals surface area contributed by atoms with Crippen molar-refractivity contribution in [1.29, 1.82) is 0 Å². The molecule has 0 unspecified atom stereocenters. The Morgan fingerprint density at radius 3 is 1.90 bits per heavy atom. The zero-order valence-corrected chi connectivity index (χ0v) is 28.0. The minimum absolute atomic E-state index is 0.0612. The van der Waals surface area contributed by atoms with Gasteiger partial charge in [0.2, 0.25) is 0 Å². The van der Waals surface area contributed by atoms with Crippen molar-refractivity contribution < 1.29 is 4.79 Å². The van der Waals surface area contributed by atoms with E-state index in [4.69, 9.17) is 0 Å². The summed E-state index contributed by atoms with van der Waals surface area (Å²) in [5.41, 5.74) is 10.2. The molecule has 0 heterocycles. The second kappa shape index (κ2) is 19.2. The molecular formula is C40H58O. The lowest BCUT2D eigenvalue weighted by atomic mass is 9.72. The third-order valence-electron chi connectivity index (χ3n) is 7.72. The van der Waals surface area contributed by atoms with Crippen molar-refractivity contribution in [1.82, 2.24) is 0 Å². The normalized spacial score (nSPS) is 18.0. The van der Waals surface area contributed by atoms with Crippen LogP contribution in [0.15, 0.2) is 117 Å². The third kappa shape index (κ3) is 16.2. The molecule has 0 amide bonds. The van der Waals surface area contributed by atoms with E-state index in [1.165, 1.54) is 39.0 Å². The Morgan fingerprint density at radius 2 is 1.24 bits per heavy atom. The lowest BCUT2D eigenvalue weighted by molar-refractivity contribution is -0.116. The Balaban J connectivity index is 2.46. The summed E-state index contributed by atoms with van der Waals surface area (Å²) in [6.45, 7) is 21.7. The predicted molar refractivity (Wildman–Crippen MR) is 184 cm³/mol. The van der Waals surface area contributed by atoms with Crippen LogP contribution in [0.2, 0.25) is 0 Å². The van der Waals surface area contributed by atoms with Crippen LogP contribution in [0.5, 0.6) is 0 Å². The van der Waals surface area contributed by atoms with Gasteiger partial charge in [0.05, 0.1) is 0 Å². The second-order valence-electron chi connectivity index (χ2n) is 12.7. The highest BCUT2D eigenvalue weighted by atomic mass is 16.1. The van der Waals surface area contributed by atoms with E-state index in [1.54, 1.807) is 0 Å². The highest BCUT2D eigenvalue weighted by Crippen LogP contribution is 2.39. The Morgan fingerprint density at radius 1 is 0.683 bits per heavy atom. The van der Waals surface area contributed by atoms with Gasteiger partial charge in [0.1, 0.15) is 0 Å². The zero-order chi connectivity index (χ0) is 30.8. The highest BCUT2D eigenvalue weighted by molar-refractivity contribution is 5.97. The van der Waals surface area contributed by atoms with Crippen LogP contribution in [0.3, 0.4) is 0 Å². The molecule has 0 fully saturated rings. The Bertz CT molecular complexity index is 1170. The fourth-order valence-electron chi connectivity index (χ4n) is 4.82. The maximum Gasteiger partial charge on any atom is 0.158 e. The number of allylic oxidation sites excluding steroid dienone is 20. The SMILES string of the molecule is CC(C)=CCC/C(C)=C/C=C/C(C)=C/CC/C(C)=C/CC/C=C(C)/C=C/C=C(C)/C=C/C1=C(C)C(=O)CCC1(C)C. The molecule has 0 saturated carbocycles. The monoisotopic (exact) mass is 554 g/mol. The molecule has 1 heteroatoms. The summed E-state index contributed by atoms with van der Waals surface area (Å²) >= 11 is 0. The van der Waals surface area contributed by atoms with Crippen LogP contribution < -0.4 is 0 Å². The van der Waals surface area contributed by atoms with E-state index in [0.29, 0.717) is 6.42 Å². The molecule has 1 aliphatic carbocycles. The number of carbonyl (C=O) groups excluding carboxylic acids is 1. The first-order valence-corrected chi connectivity index (χ1v) is 15.6. The number of rotatable bonds is 15. The van der Waals surface area contributed by atoms with Gasteiger partial charge in [0, 0.05) is 6.42 Å². The first kappa shape index (κ1) is 36.1. The van der Waals surface area contributed by atoms with E-state index in [9.17, 15) is 4.79 Å². The summed E-state index contributed by atoms with van der Waals surface area (Å²) in [4.78, 5) is 12.1.